The molecule has 0 bridgehead atoms. The standard InChI is InChI=1S/C30H45N3O9S2/c1-21-18-33(22(2)20-34)30(35)27-17-24(31-43(6,36)37)10-15-28(27)42-23(3)9-7-8-16-41-29(21)19-32(4)44(38,39)26-13-11-25(40-5)12-14-26/h10-15,17,21-23,29,31,34H,7-9,16,18-20H2,1-6H3/t21-,22+,23-,29+/m1/s1. The van der Waals surface area contributed by atoms with Gasteiger partial charge in [-0.3, -0.25) is 9.52 Å². The highest BCUT2D eigenvalue weighted by Crippen LogP contribution is 2.29. The Morgan fingerprint density at radius 3 is 2.41 bits per heavy atom. The van der Waals surface area contributed by atoms with Crippen molar-refractivity contribution in [3.8, 4) is 11.5 Å². The molecule has 2 aromatic carbocycles. The molecule has 0 fully saturated rings. The fraction of sp³-hybridized carbons (Fsp3) is 0.567. The predicted molar refractivity (Wildman–Crippen MR) is 168 cm³/mol. The number of rotatable bonds is 9. The van der Waals surface area contributed by atoms with Crippen molar-refractivity contribution in [2.75, 3.05) is 51.4 Å². The van der Waals surface area contributed by atoms with Gasteiger partial charge in [-0.25, -0.2) is 16.8 Å². The van der Waals surface area contributed by atoms with Gasteiger partial charge in [-0.1, -0.05) is 6.92 Å². The van der Waals surface area contributed by atoms with E-state index >= 15 is 0 Å². The van der Waals surface area contributed by atoms with Gasteiger partial charge in [-0.05, 0) is 75.6 Å². The molecule has 0 spiro atoms. The van der Waals surface area contributed by atoms with Gasteiger partial charge < -0.3 is 24.2 Å². The molecule has 1 heterocycles. The van der Waals surface area contributed by atoms with Crippen LogP contribution in [0.2, 0.25) is 0 Å². The van der Waals surface area contributed by atoms with Gasteiger partial charge in [0, 0.05) is 38.3 Å². The number of carbonyl (C=O) groups is 1. The molecule has 2 aromatic rings. The van der Waals surface area contributed by atoms with Crippen molar-refractivity contribution in [2.24, 2.45) is 5.92 Å². The molecule has 44 heavy (non-hydrogen) atoms. The Labute approximate surface area is 261 Å². The summed E-state index contributed by atoms with van der Waals surface area (Å²) in [5, 5.41) is 10.1. The van der Waals surface area contributed by atoms with Crippen molar-refractivity contribution in [2.45, 2.75) is 63.2 Å². The number of hydrogen-bond donors (Lipinski definition) is 2. The van der Waals surface area contributed by atoms with Gasteiger partial charge in [0.15, 0.2) is 0 Å². The zero-order valence-corrected chi connectivity index (χ0v) is 27.9. The molecule has 0 saturated carbocycles. The number of ether oxygens (including phenoxy) is 3. The summed E-state index contributed by atoms with van der Waals surface area (Å²) >= 11 is 0. The van der Waals surface area contributed by atoms with Crippen LogP contribution in [-0.4, -0.2) is 102 Å². The van der Waals surface area contributed by atoms with Crippen LogP contribution in [0.3, 0.4) is 0 Å². The third-order valence-corrected chi connectivity index (χ3v) is 10.0. The second kappa shape index (κ2) is 15.4. The fourth-order valence-electron chi connectivity index (χ4n) is 4.94. The van der Waals surface area contributed by atoms with Crippen LogP contribution in [-0.2, 0) is 24.8 Å². The number of nitrogens with one attached hydrogen (secondary N) is 1. The van der Waals surface area contributed by atoms with Crippen LogP contribution in [0.25, 0.3) is 0 Å². The van der Waals surface area contributed by atoms with Gasteiger partial charge in [0.05, 0.1) is 48.7 Å². The summed E-state index contributed by atoms with van der Waals surface area (Å²) in [5.74, 6) is 0.0233. The smallest absolute Gasteiger partial charge is 0.258 e. The molecule has 1 aliphatic heterocycles. The SMILES string of the molecule is COc1ccc(S(=O)(=O)N(C)C[C@@H]2OCCCC[C@@H](C)Oc3ccc(NS(C)(=O)=O)cc3C(=O)N([C@@H](C)CO)C[C@H]2C)cc1. The number of hydrogen-bond acceptors (Lipinski definition) is 9. The van der Waals surface area contributed by atoms with E-state index in [0.717, 1.165) is 12.7 Å². The first-order chi connectivity index (χ1) is 20.7. The van der Waals surface area contributed by atoms with Gasteiger partial charge in [0.25, 0.3) is 5.91 Å². The third-order valence-electron chi connectivity index (χ3n) is 7.56. The minimum absolute atomic E-state index is 0.0313. The van der Waals surface area contributed by atoms with Gasteiger partial charge in [-0.15, -0.1) is 0 Å². The van der Waals surface area contributed by atoms with E-state index in [1.807, 2.05) is 13.8 Å². The zero-order valence-electron chi connectivity index (χ0n) is 26.2. The topological polar surface area (TPSA) is 152 Å². The van der Waals surface area contributed by atoms with Gasteiger partial charge in [0.1, 0.15) is 11.5 Å². The van der Waals surface area contributed by atoms with Crippen molar-refractivity contribution in [1.82, 2.24) is 9.21 Å². The van der Waals surface area contributed by atoms with Crippen LogP contribution in [0.15, 0.2) is 47.4 Å². The number of carbonyl (C=O) groups excluding carboxylic acids is 1. The van der Waals surface area contributed by atoms with Gasteiger partial charge >= 0.3 is 0 Å². The Morgan fingerprint density at radius 1 is 1.11 bits per heavy atom. The van der Waals surface area contributed by atoms with E-state index in [-0.39, 0.29) is 47.9 Å². The monoisotopic (exact) mass is 655 g/mol. The lowest BCUT2D eigenvalue weighted by atomic mass is 10.0. The second-order valence-corrected chi connectivity index (χ2v) is 15.1. The molecule has 4 atom stereocenters. The molecule has 246 valence electrons. The summed E-state index contributed by atoms with van der Waals surface area (Å²) in [4.78, 5) is 15.7. The summed E-state index contributed by atoms with van der Waals surface area (Å²) in [6.45, 7) is 5.68. The number of methoxy groups -OCH3 is 1. The lowest BCUT2D eigenvalue weighted by Gasteiger charge is -2.35. The number of likely N-dealkylation sites (N-methyl/N-ethyl adjacent to an activating group) is 1. The maximum Gasteiger partial charge on any atom is 0.258 e. The molecular weight excluding hydrogens is 610 g/mol. The predicted octanol–water partition coefficient (Wildman–Crippen LogP) is 3.18. The summed E-state index contributed by atoms with van der Waals surface area (Å²) in [6.07, 6.45) is 2.34. The van der Waals surface area contributed by atoms with Crippen LogP contribution in [0.4, 0.5) is 5.69 Å². The highest BCUT2D eigenvalue weighted by atomic mass is 32.2. The molecule has 12 nitrogen and oxygen atoms in total. The first-order valence-corrected chi connectivity index (χ1v) is 17.9. The largest absolute Gasteiger partial charge is 0.497 e. The number of aliphatic hydroxyl groups excluding tert-OH is 1. The van der Waals surface area contributed by atoms with E-state index < -0.39 is 38.1 Å². The maximum absolute atomic E-state index is 14.1. The van der Waals surface area contributed by atoms with Crippen molar-refractivity contribution >= 4 is 31.6 Å². The Hall–Kier alpha value is -2.91. The highest BCUT2D eigenvalue weighted by molar-refractivity contribution is 7.92. The first kappa shape index (κ1) is 35.6. The molecule has 1 aliphatic rings. The van der Waals surface area contributed by atoms with Gasteiger partial charge in [0.2, 0.25) is 20.0 Å². The summed E-state index contributed by atoms with van der Waals surface area (Å²) < 4.78 is 71.9. The number of amides is 1. The quantitative estimate of drug-likeness (QED) is 0.415. The van der Waals surface area contributed by atoms with Gasteiger partial charge in [-0.2, -0.15) is 4.31 Å². The van der Waals surface area contributed by atoms with Crippen LogP contribution >= 0.6 is 0 Å². The molecule has 2 N–H and O–H groups in total. The van der Waals surface area contributed by atoms with Crippen LogP contribution < -0.4 is 14.2 Å². The molecule has 0 saturated heterocycles. The maximum atomic E-state index is 14.1. The molecule has 0 aliphatic carbocycles. The number of nitrogens with zero attached hydrogens (tertiary/aromatic N) is 2. The second-order valence-electron chi connectivity index (χ2n) is 11.3. The summed E-state index contributed by atoms with van der Waals surface area (Å²) in [6, 6.07) is 10.1. The van der Waals surface area contributed by atoms with E-state index in [0.29, 0.717) is 30.9 Å². The Kier molecular flexibility index (Phi) is 12.4. The van der Waals surface area contributed by atoms with E-state index in [1.165, 1.54) is 47.6 Å². The number of aliphatic hydroxyl groups is 1. The average Bonchev–Trinajstić information content (AvgIpc) is 2.97. The van der Waals surface area contributed by atoms with E-state index in [4.69, 9.17) is 14.2 Å². The fourth-order valence-corrected chi connectivity index (χ4v) is 6.68. The molecular formula is C30H45N3O9S2. The highest BCUT2D eigenvalue weighted by Gasteiger charge is 2.32. The lowest BCUT2D eigenvalue weighted by molar-refractivity contribution is -0.00833. The number of fused-ring (bicyclic) bond motifs is 1. The normalized spacial score (nSPS) is 21.6. The number of sulfonamides is 2. The first-order valence-electron chi connectivity index (χ1n) is 14.6. The van der Waals surface area contributed by atoms with Crippen molar-refractivity contribution in [3.05, 3.63) is 48.0 Å². The number of benzene rings is 2. The third kappa shape index (κ3) is 9.54. The van der Waals surface area contributed by atoms with Crippen LogP contribution in [0.5, 0.6) is 11.5 Å². The molecule has 14 heteroatoms. The zero-order chi connectivity index (χ0) is 32.7. The van der Waals surface area contributed by atoms with E-state index in [9.17, 15) is 26.7 Å². The molecule has 0 radical (unpaired) electrons. The lowest BCUT2D eigenvalue weighted by Crippen LogP contribution is -2.48. The molecule has 0 aromatic heterocycles. The van der Waals surface area contributed by atoms with Crippen molar-refractivity contribution in [3.63, 3.8) is 0 Å². The molecule has 3 rings (SSSR count). The summed E-state index contributed by atoms with van der Waals surface area (Å²) in [5.41, 5.74) is 0.347. The minimum Gasteiger partial charge on any atom is -0.497 e. The Bertz CT molecular complexity index is 1470. The molecule has 1 amide bonds. The van der Waals surface area contributed by atoms with Crippen LogP contribution in [0.1, 0.15) is 50.4 Å². The van der Waals surface area contributed by atoms with E-state index in [1.54, 1.807) is 25.1 Å². The van der Waals surface area contributed by atoms with E-state index in [2.05, 4.69) is 4.72 Å². The minimum atomic E-state index is -3.86. The Balaban J connectivity index is 1.97. The Morgan fingerprint density at radius 2 is 1.80 bits per heavy atom. The average molecular weight is 656 g/mol. The van der Waals surface area contributed by atoms with Crippen molar-refractivity contribution in [1.29, 1.82) is 0 Å². The van der Waals surface area contributed by atoms with Crippen LogP contribution in [0, 0.1) is 5.92 Å². The van der Waals surface area contributed by atoms with Crippen molar-refractivity contribution < 1.29 is 40.9 Å². The number of anilines is 1. The molecule has 0 unspecified atom stereocenters. The summed E-state index contributed by atoms with van der Waals surface area (Å²) in [7, 11) is -4.47.